The molecule has 0 bridgehead atoms. The summed E-state index contributed by atoms with van der Waals surface area (Å²) in [6.07, 6.45) is 26.0. The van der Waals surface area contributed by atoms with Crippen LogP contribution >= 0.6 is 68.8 Å². The molecule has 0 saturated carbocycles. The maximum Gasteiger partial charge on any atom is 0.240 e. The normalized spacial score (nSPS) is 16.0. The second kappa shape index (κ2) is 42.3. The number of methoxy groups -OCH3 is 9. The van der Waals surface area contributed by atoms with Crippen molar-refractivity contribution in [3.63, 3.8) is 0 Å². The number of hydrogen-bond donors (Lipinski definition) is 7. The SMILES string of the molecule is C1CCNCC1.COc1cc(-n2cnc(Nc3nc(Cl)nc4sc(CCl)cc34)c2)cc(OC)c1OC.COc1cc(-n2cnc(Nc3nc(Cl)nc4sc(CN5CCCCC5)cc34)c2)cc(OC)c1OC.COc1cc(-n2cnc(Nc3nc(N4CCC[C@H]4C(N)=O)nc4sc(CN5CCCCC5)cc34)c2)cc(OC)c1OC.NC(=O)[C@@H]1CCCN1. The third kappa shape index (κ3) is 22.0. The number of benzene rings is 3. The van der Waals surface area contributed by atoms with E-state index >= 15 is 0 Å². The van der Waals surface area contributed by atoms with E-state index in [0.29, 0.717) is 111 Å². The van der Waals surface area contributed by atoms with Gasteiger partial charge in [0.05, 0.1) is 128 Å². The number of carbonyl (C=O) groups is 2. The molecule has 33 nitrogen and oxygen atoms in total. The van der Waals surface area contributed by atoms with Crippen molar-refractivity contribution in [3.8, 4) is 68.8 Å². The van der Waals surface area contributed by atoms with E-state index in [1.165, 1.54) is 92.0 Å². The number of ether oxygens (including phenoxy) is 9. The third-order valence-electron chi connectivity index (χ3n) is 20.8. The van der Waals surface area contributed by atoms with Gasteiger partial charge in [-0.25, -0.2) is 29.9 Å². The Labute approximate surface area is 728 Å². The van der Waals surface area contributed by atoms with Gasteiger partial charge in [-0.2, -0.15) is 15.0 Å². The van der Waals surface area contributed by atoms with Crippen molar-refractivity contribution >= 4 is 152 Å². The number of likely N-dealkylation sites (tertiary alicyclic amines) is 2. The number of carbonyl (C=O) groups excluding carboxylic acids is 2. The summed E-state index contributed by atoms with van der Waals surface area (Å²) in [5.74, 6) is 8.86. The monoisotopic (exact) mass is 1770 g/mol. The molecule has 12 aromatic rings. The van der Waals surface area contributed by atoms with E-state index in [1.54, 1.807) is 106 Å². The molecule has 121 heavy (non-hydrogen) atoms. The number of piperidine rings is 3. The van der Waals surface area contributed by atoms with Crippen LogP contribution in [0, 0.1) is 0 Å². The minimum Gasteiger partial charge on any atom is -0.493 e. The number of fused-ring (bicyclic) bond motifs is 3. The van der Waals surface area contributed by atoms with Crippen LogP contribution in [0.4, 0.5) is 40.9 Å². The second-order valence-electron chi connectivity index (χ2n) is 28.8. The number of nitrogens with two attached hydrogens (primary N) is 2. The predicted octanol–water partition coefficient (Wildman–Crippen LogP) is 14.4. The lowest BCUT2D eigenvalue weighted by Gasteiger charge is -2.25. The van der Waals surface area contributed by atoms with Crippen LogP contribution < -0.4 is 85.6 Å². The number of primary amides is 2. The summed E-state index contributed by atoms with van der Waals surface area (Å²) in [7, 11) is 14.2. The summed E-state index contributed by atoms with van der Waals surface area (Å²) in [5, 5.41) is 19.3. The van der Waals surface area contributed by atoms with Gasteiger partial charge in [0.25, 0.3) is 0 Å². The summed E-state index contributed by atoms with van der Waals surface area (Å²) in [5.41, 5.74) is 13.1. The molecule has 5 aliphatic rings. The van der Waals surface area contributed by atoms with Gasteiger partial charge >= 0.3 is 0 Å². The van der Waals surface area contributed by atoms with E-state index in [0.717, 1.165) is 118 Å². The average Bonchev–Trinajstić information content (AvgIpc) is 1.61. The van der Waals surface area contributed by atoms with Crippen molar-refractivity contribution in [1.82, 2.24) is 79.0 Å². The number of alkyl halides is 1. The molecule has 9 N–H and O–H groups in total. The quantitative estimate of drug-likeness (QED) is 0.0196. The Hall–Kier alpha value is -10.5. The number of nitrogens with one attached hydrogen (secondary N) is 5. The van der Waals surface area contributed by atoms with Crippen molar-refractivity contribution < 1.29 is 52.2 Å². The molecule has 5 saturated heterocycles. The van der Waals surface area contributed by atoms with Gasteiger partial charge in [0, 0.05) is 70.7 Å². The van der Waals surface area contributed by atoms with E-state index in [-0.39, 0.29) is 28.4 Å². The van der Waals surface area contributed by atoms with Gasteiger partial charge in [-0.05, 0) is 151 Å². The number of thiophene rings is 3. The first-order valence-corrected chi connectivity index (χ1v) is 43.5. The molecular weight excluding hydrogens is 1670 g/mol. The Morgan fingerprint density at radius 2 is 0.818 bits per heavy atom. The van der Waals surface area contributed by atoms with Gasteiger partial charge in [0.15, 0.2) is 34.5 Å². The fourth-order valence-electron chi connectivity index (χ4n) is 14.8. The standard InChI is InChI=1S/C29H36N8O4S.C24H27ClN6O3S.C19H17Cl2N5O3S.C5H10N2O.C5H11N/c1-39-22-12-18(13-23(40-2)25(22)41-3)36-16-24(31-17-36)32-27-20-14-19(15-35-9-5-4-6-10-35)42-28(20)34-29(33-27)37-11-7-8-21(37)26(30)38;1-32-18-9-15(10-19(33-2)21(18)34-3)31-13-20(26-14-31)27-22-17-11-16(12-30-7-5-4-6-8-30)35-23(17)29-24(25)28-22;1-27-13-4-10(5-14(28-2)16(13)29-3)26-8-15(22-9-26)23-17-12-6-11(7-20)30-18(12)25-19(21)24-17;6-5(8)4-2-1-3-7-4;1-2-4-6-5-3-1/h12-14,16-17,21H,4-11,15H2,1-3H3,(H2,30,38)(H,32,33,34);9-11,13-14H,4-8,12H2,1-3H3,(H,27,28,29);4-6,8-9H,7H2,1-3H3,(H,23,24,25);4,7H,1-3H2,(H2,6,8);6H,1-5H2/t21-;;;4-;/m0..0./s1. The lowest BCUT2D eigenvalue weighted by atomic mass is 10.1. The molecule has 0 spiro atoms. The number of rotatable bonds is 26. The van der Waals surface area contributed by atoms with Crippen LogP contribution in [-0.2, 0) is 28.6 Å². The lowest BCUT2D eigenvalue weighted by Crippen LogP contribution is -2.41. The highest BCUT2D eigenvalue weighted by Crippen LogP contribution is 2.44. The summed E-state index contributed by atoms with van der Waals surface area (Å²) in [4.78, 5) is 76.3. The Balaban J connectivity index is 0.000000146. The van der Waals surface area contributed by atoms with Crippen LogP contribution in [0.5, 0.6) is 51.7 Å². The largest absolute Gasteiger partial charge is 0.493 e. The average molecular weight is 1770 g/mol. The number of imidazole rings is 3. The summed E-state index contributed by atoms with van der Waals surface area (Å²) >= 11 is 23.1. The zero-order valence-electron chi connectivity index (χ0n) is 69.0. The van der Waals surface area contributed by atoms with Gasteiger partial charge in [0.2, 0.25) is 45.6 Å². The number of aromatic nitrogens is 12. The molecule has 2 amide bonds. The molecule has 9 aromatic heterocycles. The highest BCUT2D eigenvalue weighted by molar-refractivity contribution is 7.19. The van der Waals surface area contributed by atoms with Gasteiger partial charge in [-0.15, -0.1) is 45.6 Å². The first kappa shape index (κ1) is 88.3. The highest BCUT2D eigenvalue weighted by Gasteiger charge is 2.33. The minimum absolute atomic E-state index is 0.0463. The highest BCUT2D eigenvalue weighted by atomic mass is 35.5. The van der Waals surface area contributed by atoms with Gasteiger partial charge in [0.1, 0.15) is 74.4 Å². The smallest absolute Gasteiger partial charge is 0.240 e. The van der Waals surface area contributed by atoms with E-state index < -0.39 is 6.04 Å². The molecule has 17 rings (SSSR count). The fourth-order valence-corrected chi connectivity index (χ4v) is 18.5. The summed E-state index contributed by atoms with van der Waals surface area (Å²) < 4.78 is 54.6. The molecule has 14 heterocycles. The molecule has 39 heteroatoms. The maximum absolute atomic E-state index is 12.2. The number of halogens is 3. The van der Waals surface area contributed by atoms with Crippen LogP contribution in [0.2, 0.25) is 10.6 Å². The van der Waals surface area contributed by atoms with Crippen LogP contribution in [-0.4, -0.2) is 209 Å². The molecule has 0 aliphatic carbocycles. The summed E-state index contributed by atoms with van der Waals surface area (Å²) in [6.45, 7) is 10.4. The predicted molar refractivity (Wildman–Crippen MR) is 476 cm³/mol. The van der Waals surface area contributed by atoms with Crippen LogP contribution in [0.3, 0.4) is 0 Å². The van der Waals surface area contributed by atoms with Crippen molar-refractivity contribution in [2.24, 2.45) is 11.5 Å². The van der Waals surface area contributed by atoms with Crippen molar-refractivity contribution in [1.29, 1.82) is 0 Å². The Morgan fingerprint density at radius 3 is 1.15 bits per heavy atom. The molecular formula is C82H101Cl3N22O11S3. The maximum atomic E-state index is 12.2. The van der Waals surface area contributed by atoms with Crippen LogP contribution in [0.15, 0.2) is 92.2 Å². The zero-order chi connectivity index (χ0) is 85.1. The molecule has 644 valence electrons. The molecule has 5 aliphatic heterocycles. The second-order valence-corrected chi connectivity index (χ2v) is 33.1. The first-order valence-electron chi connectivity index (χ1n) is 39.8. The van der Waals surface area contributed by atoms with Crippen molar-refractivity contribution in [2.45, 2.75) is 115 Å². The minimum atomic E-state index is -0.415. The molecule has 0 unspecified atom stereocenters. The lowest BCUT2D eigenvalue weighted by molar-refractivity contribution is -0.120. The molecule has 2 atom stereocenters. The van der Waals surface area contributed by atoms with E-state index in [9.17, 15) is 9.59 Å². The molecule has 3 aromatic carbocycles. The van der Waals surface area contributed by atoms with E-state index in [4.69, 9.17) is 98.9 Å². The number of hydrogen-bond acceptors (Lipinski definition) is 31. The van der Waals surface area contributed by atoms with Gasteiger partial charge < -0.3 is 99.3 Å². The number of nitrogens with zero attached hydrogens (tertiary/aromatic N) is 15. The first-order chi connectivity index (χ1) is 58.9. The van der Waals surface area contributed by atoms with Crippen LogP contribution in [0.1, 0.15) is 98.1 Å². The van der Waals surface area contributed by atoms with Crippen molar-refractivity contribution in [2.75, 3.05) is 137 Å². The number of amides is 2. The van der Waals surface area contributed by atoms with Gasteiger partial charge in [-0.1, -0.05) is 19.3 Å². The number of anilines is 7. The zero-order valence-corrected chi connectivity index (χ0v) is 73.7. The molecule has 5 fully saturated rings. The van der Waals surface area contributed by atoms with Crippen molar-refractivity contribution in [3.05, 3.63) is 117 Å². The molecule has 0 radical (unpaired) electrons. The van der Waals surface area contributed by atoms with E-state index in [1.807, 2.05) is 79.7 Å². The third-order valence-corrected chi connectivity index (χ3v) is 24.7. The van der Waals surface area contributed by atoms with Gasteiger partial charge in [-0.3, -0.25) is 19.4 Å². The Bertz CT molecular complexity index is 5400. The summed E-state index contributed by atoms with van der Waals surface area (Å²) in [6, 6.07) is 16.9. The van der Waals surface area contributed by atoms with E-state index in [2.05, 4.69) is 83.4 Å². The van der Waals surface area contributed by atoms with Crippen LogP contribution in [0.25, 0.3) is 47.7 Å². The Morgan fingerprint density at radius 1 is 0.438 bits per heavy atom. The topological polar surface area (TPSA) is 370 Å². The Kier molecular flexibility index (Phi) is 30.9. The fraction of sp³-hybridized carbons (Fsp3) is 0.427.